The van der Waals surface area contributed by atoms with E-state index >= 15 is 0 Å². The van der Waals surface area contributed by atoms with Gasteiger partial charge in [0, 0.05) is 25.0 Å². The molecule has 0 unspecified atom stereocenters. The van der Waals surface area contributed by atoms with Gasteiger partial charge in [0.1, 0.15) is 5.75 Å². The number of ether oxygens (including phenoxy) is 1. The molecule has 0 N–H and O–H groups in total. The quantitative estimate of drug-likeness (QED) is 0.536. The van der Waals surface area contributed by atoms with Crippen molar-refractivity contribution in [2.45, 2.75) is 64.5 Å². The number of pyridine rings is 1. The van der Waals surface area contributed by atoms with Crippen LogP contribution in [0.25, 0.3) is 0 Å². The maximum absolute atomic E-state index is 5.87. The lowest BCUT2D eigenvalue weighted by Crippen LogP contribution is -2.32. The maximum atomic E-state index is 5.87. The molecular weight excluding hydrogens is 320 g/mol. The average molecular weight is 353 g/mol. The van der Waals surface area contributed by atoms with Crippen LogP contribution in [0, 0.1) is 0 Å². The zero-order chi connectivity index (χ0) is 18.0. The van der Waals surface area contributed by atoms with E-state index in [4.69, 9.17) is 4.74 Å². The molecule has 1 aliphatic heterocycles. The lowest BCUT2D eigenvalue weighted by Gasteiger charge is -2.36. The number of unbranched alkanes of at least 4 members (excludes halogenated alkanes) is 3. The normalized spacial score (nSPS) is 18.0. The van der Waals surface area contributed by atoms with Gasteiger partial charge in [-0.05, 0) is 55.1 Å². The first-order chi connectivity index (χ1) is 12.9. The van der Waals surface area contributed by atoms with Gasteiger partial charge in [-0.1, -0.05) is 50.8 Å². The highest BCUT2D eigenvalue weighted by Gasteiger charge is 2.23. The van der Waals surface area contributed by atoms with E-state index in [0.717, 1.165) is 31.9 Å². The van der Waals surface area contributed by atoms with Gasteiger partial charge in [-0.25, -0.2) is 0 Å². The average Bonchev–Trinajstić information content (AvgIpc) is 2.70. The standard InChI is InChI=1S/C23H32N2O/c1-2-3-4-7-17-26-22-13-11-20(12-14-22)19-25-16-6-5-10-23(25)21-9-8-15-24-18-21/h8-9,11-15,18,23H,2-7,10,16-17,19H2,1H3/t23-/m1/s1. The van der Waals surface area contributed by atoms with Crippen LogP contribution < -0.4 is 4.74 Å². The molecule has 1 saturated heterocycles. The minimum Gasteiger partial charge on any atom is -0.494 e. The zero-order valence-corrected chi connectivity index (χ0v) is 16.1. The highest BCUT2D eigenvalue weighted by Crippen LogP contribution is 2.31. The van der Waals surface area contributed by atoms with Gasteiger partial charge in [-0.2, -0.15) is 0 Å². The van der Waals surface area contributed by atoms with Gasteiger partial charge in [0.15, 0.2) is 0 Å². The Bertz CT molecular complexity index is 626. The number of aromatic nitrogens is 1. The van der Waals surface area contributed by atoms with Gasteiger partial charge in [-0.15, -0.1) is 0 Å². The molecule has 0 spiro atoms. The molecule has 1 aromatic carbocycles. The summed E-state index contributed by atoms with van der Waals surface area (Å²) < 4.78 is 5.87. The third kappa shape index (κ3) is 5.57. The molecule has 0 amide bonds. The molecule has 1 fully saturated rings. The fourth-order valence-corrected chi connectivity index (χ4v) is 3.78. The van der Waals surface area contributed by atoms with Gasteiger partial charge in [0.05, 0.1) is 6.61 Å². The van der Waals surface area contributed by atoms with Crippen molar-refractivity contribution >= 4 is 0 Å². The first-order valence-electron chi connectivity index (χ1n) is 10.2. The highest BCUT2D eigenvalue weighted by molar-refractivity contribution is 5.27. The first-order valence-corrected chi connectivity index (χ1v) is 10.2. The Hall–Kier alpha value is -1.87. The van der Waals surface area contributed by atoms with E-state index in [1.165, 1.54) is 49.7 Å². The smallest absolute Gasteiger partial charge is 0.119 e. The fourth-order valence-electron chi connectivity index (χ4n) is 3.78. The summed E-state index contributed by atoms with van der Waals surface area (Å²) in [6.07, 6.45) is 12.7. The molecule has 0 saturated carbocycles. The molecule has 1 aromatic heterocycles. The predicted molar refractivity (Wildman–Crippen MR) is 107 cm³/mol. The molecule has 1 atom stereocenters. The predicted octanol–water partition coefficient (Wildman–Crippen LogP) is 5.77. The molecule has 2 heterocycles. The molecule has 3 nitrogen and oxygen atoms in total. The van der Waals surface area contributed by atoms with E-state index in [9.17, 15) is 0 Å². The Balaban J connectivity index is 1.54. The van der Waals surface area contributed by atoms with Gasteiger partial charge in [0.25, 0.3) is 0 Å². The van der Waals surface area contributed by atoms with Gasteiger partial charge < -0.3 is 4.74 Å². The van der Waals surface area contributed by atoms with Crippen LogP contribution in [0.15, 0.2) is 48.8 Å². The van der Waals surface area contributed by atoms with Crippen molar-refractivity contribution in [2.75, 3.05) is 13.2 Å². The Morgan fingerprint density at radius 3 is 2.73 bits per heavy atom. The summed E-state index contributed by atoms with van der Waals surface area (Å²) in [5.41, 5.74) is 2.71. The van der Waals surface area contributed by atoms with Crippen LogP contribution in [-0.4, -0.2) is 23.0 Å². The monoisotopic (exact) mass is 352 g/mol. The van der Waals surface area contributed by atoms with E-state index in [2.05, 4.69) is 53.2 Å². The van der Waals surface area contributed by atoms with Crippen molar-refractivity contribution in [2.24, 2.45) is 0 Å². The van der Waals surface area contributed by atoms with Crippen LogP contribution in [0.2, 0.25) is 0 Å². The third-order valence-corrected chi connectivity index (χ3v) is 5.26. The largest absolute Gasteiger partial charge is 0.494 e. The van der Waals surface area contributed by atoms with E-state index in [1.54, 1.807) is 0 Å². The molecular formula is C23H32N2O. The fraction of sp³-hybridized carbons (Fsp3) is 0.522. The molecule has 1 aliphatic rings. The summed E-state index contributed by atoms with van der Waals surface area (Å²) in [6.45, 7) is 5.22. The molecule has 2 aromatic rings. The van der Waals surface area contributed by atoms with Crippen molar-refractivity contribution < 1.29 is 4.74 Å². The number of benzene rings is 1. The Kier molecular flexibility index (Phi) is 7.51. The molecule has 0 radical (unpaired) electrons. The van der Waals surface area contributed by atoms with E-state index in [0.29, 0.717) is 6.04 Å². The number of likely N-dealkylation sites (tertiary alicyclic amines) is 1. The van der Waals surface area contributed by atoms with Crippen LogP contribution in [0.1, 0.15) is 69.0 Å². The van der Waals surface area contributed by atoms with Crippen molar-refractivity contribution in [1.82, 2.24) is 9.88 Å². The van der Waals surface area contributed by atoms with E-state index in [-0.39, 0.29) is 0 Å². The van der Waals surface area contributed by atoms with Gasteiger partial charge in [0.2, 0.25) is 0 Å². The Morgan fingerprint density at radius 1 is 1.08 bits per heavy atom. The zero-order valence-electron chi connectivity index (χ0n) is 16.1. The van der Waals surface area contributed by atoms with Crippen molar-refractivity contribution in [3.8, 4) is 5.75 Å². The molecule has 0 bridgehead atoms. The second-order valence-corrected chi connectivity index (χ2v) is 7.32. The minimum absolute atomic E-state index is 0.493. The van der Waals surface area contributed by atoms with Gasteiger partial charge in [-0.3, -0.25) is 9.88 Å². The van der Waals surface area contributed by atoms with Crippen LogP contribution in [0.4, 0.5) is 0 Å². The number of rotatable bonds is 9. The summed E-state index contributed by atoms with van der Waals surface area (Å²) >= 11 is 0. The molecule has 26 heavy (non-hydrogen) atoms. The maximum Gasteiger partial charge on any atom is 0.119 e. The van der Waals surface area contributed by atoms with Crippen LogP contribution >= 0.6 is 0 Å². The number of hydrogen-bond donors (Lipinski definition) is 0. The molecule has 3 rings (SSSR count). The summed E-state index contributed by atoms with van der Waals surface area (Å²) in [6, 6.07) is 13.4. The van der Waals surface area contributed by atoms with Gasteiger partial charge >= 0.3 is 0 Å². The minimum atomic E-state index is 0.493. The van der Waals surface area contributed by atoms with E-state index < -0.39 is 0 Å². The third-order valence-electron chi connectivity index (χ3n) is 5.26. The number of piperidine rings is 1. The van der Waals surface area contributed by atoms with Crippen LogP contribution in [-0.2, 0) is 6.54 Å². The summed E-state index contributed by atoms with van der Waals surface area (Å²) in [5, 5.41) is 0. The lowest BCUT2D eigenvalue weighted by molar-refractivity contribution is 0.140. The topological polar surface area (TPSA) is 25.4 Å². The second-order valence-electron chi connectivity index (χ2n) is 7.32. The summed E-state index contributed by atoms with van der Waals surface area (Å²) in [7, 11) is 0. The van der Waals surface area contributed by atoms with Crippen molar-refractivity contribution in [1.29, 1.82) is 0 Å². The summed E-state index contributed by atoms with van der Waals surface area (Å²) in [4.78, 5) is 6.92. The second kappa shape index (κ2) is 10.3. The Labute approximate surface area is 158 Å². The van der Waals surface area contributed by atoms with Crippen LogP contribution in [0.3, 0.4) is 0 Å². The van der Waals surface area contributed by atoms with E-state index in [1.807, 2.05) is 12.4 Å². The SMILES string of the molecule is CCCCCCOc1ccc(CN2CCCC[C@@H]2c2cccnc2)cc1. The summed E-state index contributed by atoms with van der Waals surface area (Å²) in [5.74, 6) is 0.993. The molecule has 3 heteroatoms. The first kappa shape index (κ1) is 18.9. The molecule has 0 aliphatic carbocycles. The lowest BCUT2D eigenvalue weighted by atomic mass is 9.96. The number of hydrogen-bond acceptors (Lipinski definition) is 3. The molecule has 140 valence electrons. The van der Waals surface area contributed by atoms with Crippen molar-refractivity contribution in [3.63, 3.8) is 0 Å². The van der Waals surface area contributed by atoms with Crippen LogP contribution in [0.5, 0.6) is 5.75 Å². The van der Waals surface area contributed by atoms with Crippen molar-refractivity contribution in [3.05, 3.63) is 59.9 Å². The Morgan fingerprint density at radius 2 is 1.96 bits per heavy atom. The number of nitrogens with zero attached hydrogens (tertiary/aromatic N) is 2. The highest BCUT2D eigenvalue weighted by atomic mass is 16.5.